The Morgan fingerprint density at radius 2 is 2.19 bits per heavy atom. The van der Waals surface area contributed by atoms with Gasteiger partial charge < -0.3 is 15.0 Å². The highest BCUT2D eigenvalue weighted by Crippen LogP contribution is 2.20. The topological polar surface area (TPSA) is 97.4 Å². The fourth-order valence-corrected chi connectivity index (χ4v) is 2.01. The van der Waals surface area contributed by atoms with Gasteiger partial charge in [-0.1, -0.05) is 20.8 Å². The van der Waals surface area contributed by atoms with E-state index < -0.39 is 4.92 Å². The molecule has 0 fully saturated rings. The van der Waals surface area contributed by atoms with Crippen molar-refractivity contribution in [3.8, 4) is 0 Å². The molecule has 0 aromatic carbocycles. The summed E-state index contributed by atoms with van der Waals surface area (Å²) in [4.78, 5) is 22.5. The number of hydrogen-bond acceptors (Lipinski definition) is 4. The molecule has 1 aromatic heterocycles. The maximum absolute atomic E-state index is 12.2. The molecule has 0 aliphatic carbocycles. The minimum Gasteiger partial charge on any atom is -0.396 e. The van der Waals surface area contributed by atoms with E-state index in [1.54, 1.807) is 4.57 Å². The second kappa shape index (κ2) is 7.21. The number of aryl methyl sites for hydroxylation is 1. The summed E-state index contributed by atoms with van der Waals surface area (Å²) in [5, 5.41) is 22.6. The second-order valence-corrected chi connectivity index (χ2v) is 5.85. The second-order valence-electron chi connectivity index (χ2n) is 5.85. The Kier molecular flexibility index (Phi) is 5.90. The number of nitrogens with one attached hydrogen (secondary N) is 1. The molecule has 0 radical (unpaired) electrons. The molecule has 7 heteroatoms. The molecule has 118 valence electrons. The van der Waals surface area contributed by atoms with Crippen molar-refractivity contribution in [2.75, 3.05) is 13.2 Å². The van der Waals surface area contributed by atoms with Gasteiger partial charge in [-0.3, -0.25) is 14.9 Å². The SMILES string of the molecule is CCCn1cc([N+](=O)[O-])cc1C(=O)NCC(C)(C)CCO. The summed E-state index contributed by atoms with van der Waals surface area (Å²) in [7, 11) is 0. The predicted octanol–water partition coefficient (Wildman–Crippen LogP) is 1.94. The first-order valence-corrected chi connectivity index (χ1v) is 7.04. The number of nitrogens with zero attached hydrogens (tertiary/aromatic N) is 2. The largest absolute Gasteiger partial charge is 0.396 e. The summed E-state index contributed by atoms with van der Waals surface area (Å²) in [6.45, 7) is 6.83. The highest BCUT2D eigenvalue weighted by Gasteiger charge is 2.22. The third-order valence-corrected chi connectivity index (χ3v) is 3.31. The van der Waals surface area contributed by atoms with Crippen LogP contribution in [0.2, 0.25) is 0 Å². The fraction of sp³-hybridized carbons (Fsp3) is 0.643. The van der Waals surface area contributed by atoms with Gasteiger partial charge in [0.15, 0.2) is 0 Å². The monoisotopic (exact) mass is 297 g/mol. The molecule has 0 spiro atoms. The van der Waals surface area contributed by atoms with Gasteiger partial charge in [-0.2, -0.15) is 0 Å². The molecule has 0 aliphatic rings. The molecule has 2 N–H and O–H groups in total. The van der Waals surface area contributed by atoms with E-state index in [4.69, 9.17) is 5.11 Å². The summed E-state index contributed by atoms with van der Waals surface area (Å²) in [6, 6.07) is 1.30. The fourth-order valence-electron chi connectivity index (χ4n) is 2.01. The van der Waals surface area contributed by atoms with Crippen LogP contribution >= 0.6 is 0 Å². The van der Waals surface area contributed by atoms with E-state index in [2.05, 4.69) is 5.32 Å². The Morgan fingerprint density at radius 3 is 2.71 bits per heavy atom. The van der Waals surface area contributed by atoms with Crippen LogP contribution in [0, 0.1) is 15.5 Å². The maximum atomic E-state index is 12.2. The highest BCUT2D eigenvalue weighted by atomic mass is 16.6. The molecule has 7 nitrogen and oxygen atoms in total. The van der Waals surface area contributed by atoms with Crippen molar-refractivity contribution in [1.29, 1.82) is 0 Å². The van der Waals surface area contributed by atoms with Gasteiger partial charge >= 0.3 is 0 Å². The highest BCUT2D eigenvalue weighted by molar-refractivity contribution is 5.93. The van der Waals surface area contributed by atoms with E-state index in [1.807, 2.05) is 20.8 Å². The molecule has 1 amide bonds. The first-order chi connectivity index (χ1) is 9.80. The van der Waals surface area contributed by atoms with Crippen LogP contribution in [0.1, 0.15) is 44.1 Å². The van der Waals surface area contributed by atoms with Crippen LogP contribution in [0.15, 0.2) is 12.3 Å². The van der Waals surface area contributed by atoms with Crippen molar-refractivity contribution in [3.05, 3.63) is 28.1 Å². The maximum Gasteiger partial charge on any atom is 0.287 e. The van der Waals surface area contributed by atoms with Gasteiger partial charge in [-0.05, 0) is 18.3 Å². The normalized spacial score (nSPS) is 11.4. The molecule has 0 bridgehead atoms. The Labute approximate surface area is 124 Å². The van der Waals surface area contributed by atoms with Crippen LogP contribution in [-0.2, 0) is 6.54 Å². The Hall–Kier alpha value is -1.89. The van der Waals surface area contributed by atoms with Gasteiger partial charge in [0, 0.05) is 25.8 Å². The summed E-state index contributed by atoms with van der Waals surface area (Å²) in [6.07, 6.45) is 2.74. The van der Waals surface area contributed by atoms with Crippen molar-refractivity contribution in [2.24, 2.45) is 5.41 Å². The molecule has 21 heavy (non-hydrogen) atoms. The lowest BCUT2D eigenvalue weighted by Crippen LogP contribution is -2.35. The van der Waals surface area contributed by atoms with Gasteiger partial charge in [0.25, 0.3) is 11.6 Å². The summed E-state index contributed by atoms with van der Waals surface area (Å²) in [5.74, 6) is -0.331. The number of rotatable bonds is 8. The number of nitro groups is 1. The molecule has 0 saturated heterocycles. The Balaban J connectivity index is 2.83. The average molecular weight is 297 g/mol. The number of carbonyl (C=O) groups excluding carboxylic acids is 1. The Bertz CT molecular complexity index is 508. The number of carbonyl (C=O) groups is 1. The minimum absolute atomic E-state index is 0.0561. The zero-order valence-electron chi connectivity index (χ0n) is 12.8. The molecule has 0 aliphatic heterocycles. The first-order valence-electron chi connectivity index (χ1n) is 7.04. The third kappa shape index (κ3) is 4.86. The number of aliphatic hydroxyl groups excluding tert-OH is 1. The quantitative estimate of drug-likeness (QED) is 0.566. The van der Waals surface area contributed by atoms with Crippen molar-refractivity contribution < 1.29 is 14.8 Å². The van der Waals surface area contributed by atoms with Gasteiger partial charge in [-0.15, -0.1) is 0 Å². The molecule has 0 unspecified atom stereocenters. The van der Waals surface area contributed by atoms with Gasteiger partial charge in [0.1, 0.15) is 5.69 Å². The van der Waals surface area contributed by atoms with Crippen LogP contribution in [0.3, 0.4) is 0 Å². The van der Waals surface area contributed by atoms with Crippen molar-refractivity contribution in [2.45, 2.75) is 40.2 Å². The molecule has 1 heterocycles. The summed E-state index contributed by atoms with van der Waals surface area (Å²) in [5.41, 5.74) is -0.00927. The van der Waals surface area contributed by atoms with E-state index in [0.29, 0.717) is 25.2 Å². The molecule has 0 saturated carbocycles. The number of amides is 1. The third-order valence-electron chi connectivity index (χ3n) is 3.31. The number of aliphatic hydroxyl groups is 1. The number of hydrogen-bond donors (Lipinski definition) is 2. The van der Waals surface area contributed by atoms with E-state index in [9.17, 15) is 14.9 Å². The Morgan fingerprint density at radius 1 is 1.52 bits per heavy atom. The average Bonchev–Trinajstić information content (AvgIpc) is 2.81. The standard InChI is InChI=1S/C14H23N3O4/c1-4-6-16-9-11(17(20)21)8-12(16)13(19)15-10-14(2,3)5-7-18/h8-9,18H,4-7,10H2,1-3H3,(H,15,19). The number of aromatic nitrogens is 1. The first kappa shape index (κ1) is 17.2. The van der Waals surface area contributed by atoms with Crippen LogP contribution in [0.4, 0.5) is 5.69 Å². The van der Waals surface area contributed by atoms with Gasteiger partial charge in [0.05, 0.1) is 11.1 Å². The van der Waals surface area contributed by atoms with E-state index >= 15 is 0 Å². The lowest BCUT2D eigenvalue weighted by molar-refractivity contribution is -0.384. The van der Waals surface area contributed by atoms with E-state index in [0.717, 1.165) is 6.42 Å². The zero-order valence-corrected chi connectivity index (χ0v) is 12.8. The van der Waals surface area contributed by atoms with E-state index in [-0.39, 0.29) is 23.6 Å². The lowest BCUT2D eigenvalue weighted by Gasteiger charge is -2.23. The smallest absolute Gasteiger partial charge is 0.287 e. The molecular formula is C14H23N3O4. The van der Waals surface area contributed by atoms with E-state index in [1.165, 1.54) is 12.3 Å². The van der Waals surface area contributed by atoms with Crippen LogP contribution < -0.4 is 5.32 Å². The van der Waals surface area contributed by atoms with Crippen LogP contribution in [-0.4, -0.2) is 33.7 Å². The summed E-state index contributed by atoms with van der Waals surface area (Å²) >= 11 is 0. The lowest BCUT2D eigenvalue weighted by atomic mass is 9.90. The molecule has 0 atom stereocenters. The molecule has 1 aromatic rings. The van der Waals surface area contributed by atoms with Crippen LogP contribution in [0.5, 0.6) is 0 Å². The predicted molar refractivity (Wildman–Crippen MR) is 79.2 cm³/mol. The van der Waals surface area contributed by atoms with Gasteiger partial charge in [0.2, 0.25) is 0 Å². The molecule has 1 rings (SSSR count). The minimum atomic E-state index is -0.501. The van der Waals surface area contributed by atoms with Crippen LogP contribution in [0.25, 0.3) is 0 Å². The molecular weight excluding hydrogens is 274 g/mol. The van der Waals surface area contributed by atoms with Crippen molar-refractivity contribution >= 4 is 11.6 Å². The summed E-state index contributed by atoms with van der Waals surface area (Å²) < 4.78 is 1.60. The zero-order chi connectivity index (χ0) is 16.0. The van der Waals surface area contributed by atoms with Crippen molar-refractivity contribution in [1.82, 2.24) is 9.88 Å². The van der Waals surface area contributed by atoms with Crippen molar-refractivity contribution in [3.63, 3.8) is 0 Å². The van der Waals surface area contributed by atoms with Gasteiger partial charge in [-0.25, -0.2) is 0 Å².